The quantitative estimate of drug-likeness (QED) is 0.744. The molecule has 2 heteroatoms. The molecule has 0 radical (unpaired) electrons. The molecule has 1 aromatic rings. The second-order valence-corrected chi connectivity index (χ2v) is 5.21. The molecule has 0 unspecified atom stereocenters. The summed E-state index contributed by atoms with van der Waals surface area (Å²) in [6, 6.07) is 2.18. The van der Waals surface area contributed by atoms with Gasteiger partial charge in [-0.2, -0.15) is 5.10 Å². The average molecular weight is 180 g/mol. The molecular formula is C11H20N2. The largest absolute Gasteiger partial charge is 0.282 e. The predicted octanol–water partition coefficient (Wildman–Crippen LogP) is 3.12. The molecule has 0 bridgehead atoms. The van der Waals surface area contributed by atoms with E-state index in [1.165, 1.54) is 11.4 Å². The van der Waals surface area contributed by atoms with Gasteiger partial charge >= 0.3 is 0 Å². The Morgan fingerprint density at radius 2 is 2.00 bits per heavy atom. The number of hydrogen-bond donors (Lipinski definition) is 1. The third-order valence-electron chi connectivity index (χ3n) is 1.96. The Balaban J connectivity index is 2.70. The Morgan fingerprint density at radius 3 is 2.38 bits per heavy atom. The van der Waals surface area contributed by atoms with E-state index in [-0.39, 0.29) is 0 Å². The van der Waals surface area contributed by atoms with Crippen LogP contribution in [0.15, 0.2) is 6.07 Å². The van der Waals surface area contributed by atoms with Crippen molar-refractivity contribution in [2.45, 2.75) is 47.0 Å². The first kappa shape index (κ1) is 10.3. The summed E-state index contributed by atoms with van der Waals surface area (Å²) in [5, 5.41) is 7.37. The molecule has 2 nitrogen and oxygen atoms in total. The molecule has 0 spiro atoms. The fourth-order valence-corrected chi connectivity index (χ4v) is 1.34. The molecule has 1 heterocycles. The monoisotopic (exact) mass is 180 g/mol. The molecule has 0 aromatic carbocycles. The number of rotatable bonds is 2. The van der Waals surface area contributed by atoms with Crippen molar-refractivity contribution in [2.75, 3.05) is 0 Å². The molecule has 0 fully saturated rings. The van der Waals surface area contributed by atoms with E-state index >= 15 is 0 Å². The summed E-state index contributed by atoms with van der Waals surface area (Å²) in [6.45, 7) is 11.0. The maximum absolute atomic E-state index is 4.27. The molecule has 1 N–H and O–H groups in total. The number of nitrogens with zero attached hydrogens (tertiary/aromatic N) is 1. The Kier molecular flexibility index (Phi) is 2.79. The van der Waals surface area contributed by atoms with E-state index in [9.17, 15) is 0 Å². The number of aromatic nitrogens is 2. The first-order valence-corrected chi connectivity index (χ1v) is 4.93. The zero-order valence-electron chi connectivity index (χ0n) is 9.31. The summed E-state index contributed by atoms with van der Waals surface area (Å²) in [4.78, 5) is 0. The highest BCUT2D eigenvalue weighted by Crippen LogP contribution is 2.21. The van der Waals surface area contributed by atoms with Crippen molar-refractivity contribution in [3.63, 3.8) is 0 Å². The van der Waals surface area contributed by atoms with Crippen molar-refractivity contribution in [2.24, 2.45) is 5.41 Å². The number of nitrogens with one attached hydrogen (secondary N) is 1. The summed E-state index contributed by atoms with van der Waals surface area (Å²) in [5.74, 6) is 0.518. The van der Waals surface area contributed by atoms with Crippen LogP contribution in [0, 0.1) is 5.41 Å². The van der Waals surface area contributed by atoms with Gasteiger partial charge in [-0.25, -0.2) is 0 Å². The first-order valence-electron chi connectivity index (χ1n) is 4.93. The third kappa shape index (κ3) is 3.21. The number of H-pyrrole nitrogens is 1. The number of hydrogen-bond acceptors (Lipinski definition) is 1. The van der Waals surface area contributed by atoms with Gasteiger partial charge in [-0.05, 0) is 23.8 Å². The summed E-state index contributed by atoms with van der Waals surface area (Å²) < 4.78 is 0. The van der Waals surface area contributed by atoms with Crippen molar-refractivity contribution >= 4 is 0 Å². The smallest absolute Gasteiger partial charge is 0.0650 e. The summed E-state index contributed by atoms with van der Waals surface area (Å²) in [7, 11) is 0. The van der Waals surface area contributed by atoms with E-state index in [0.717, 1.165) is 6.42 Å². The van der Waals surface area contributed by atoms with Crippen LogP contribution < -0.4 is 0 Å². The van der Waals surface area contributed by atoms with E-state index in [0.29, 0.717) is 11.3 Å². The highest BCUT2D eigenvalue weighted by Gasteiger charge is 2.13. The molecule has 74 valence electrons. The van der Waals surface area contributed by atoms with Gasteiger partial charge in [0.1, 0.15) is 0 Å². The van der Waals surface area contributed by atoms with Gasteiger partial charge in [0.2, 0.25) is 0 Å². The summed E-state index contributed by atoms with van der Waals surface area (Å²) in [5.41, 5.74) is 2.75. The zero-order valence-corrected chi connectivity index (χ0v) is 9.31. The highest BCUT2D eigenvalue weighted by molar-refractivity contribution is 5.12. The minimum absolute atomic E-state index is 0.334. The van der Waals surface area contributed by atoms with Crippen LogP contribution in [-0.4, -0.2) is 10.2 Å². The number of aromatic amines is 1. The Morgan fingerprint density at radius 1 is 1.38 bits per heavy atom. The fourth-order valence-electron chi connectivity index (χ4n) is 1.34. The van der Waals surface area contributed by atoms with Gasteiger partial charge in [-0.15, -0.1) is 0 Å². The molecule has 0 aliphatic carbocycles. The molecule has 0 aliphatic heterocycles. The minimum Gasteiger partial charge on any atom is -0.282 e. The zero-order chi connectivity index (χ0) is 10.1. The van der Waals surface area contributed by atoms with Gasteiger partial charge < -0.3 is 0 Å². The minimum atomic E-state index is 0.334. The van der Waals surface area contributed by atoms with Gasteiger partial charge in [-0.3, -0.25) is 5.10 Å². The maximum Gasteiger partial charge on any atom is 0.0650 e. The lowest BCUT2D eigenvalue weighted by Crippen LogP contribution is -2.09. The van der Waals surface area contributed by atoms with Gasteiger partial charge in [0.05, 0.1) is 5.69 Å². The van der Waals surface area contributed by atoms with Crippen LogP contribution in [0.3, 0.4) is 0 Å². The van der Waals surface area contributed by atoms with Crippen LogP contribution in [0.2, 0.25) is 0 Å². The van der Waals surface area contributed by atoms with E-state index in [1.54, 1.807) is 0 Å². The standard InChI is InChI=1S/C11H20N2/c1-8(2)10-6-9(12-13-10)7-11(3,4)5/h6,8H,7H2,1-5H3,(H,12,13). The van der Waals surface area contributed by atoms with Crippen LogP contribution in [-0.2, 0) is 6.42 Å². The Bertz CT molecular complexity index is 266. The normalized spacial score (nSPS) is 12.5. The van der Waals surface area contributed by atoms with Gasteiger partial charge in [0.25, 0.3) is 0 Å². The van der Waals surface area contributed by atoms with Crippen LogP contribution >= 0.6 is 0 Å². The fraction of sp³-hybridized carbons (Fsp3) is 0.727. The van der Waals surface area contributed by atoms with Crippen LogP contribution in [0.5, 0.6) is 0 Å². The Labute approximate surface area is 80.7 Å². The van der Waals surface area contributed by atoms with E-state index in [1.807, 2.05) is 0 Å². The summed E-state index contributed by atoms with van der Waals surface area (Å²) in [6.07, 6.45) is 1.06. The van der Waals surface area contributed by atoms with Crippen molar-refractivity contribution in [3.8, 4) is 0 Å². The van der Waals surface area contributed by atoms with Crippen LogP contribution in [0.25, 0.3) is 0 Å². The first-order chi connectivity index (χ1) is 5.88. The third-order valence-corrected chi connectivity index (χ3v) is 1.96. The molecule has 13 heavy (non-hydrogen) atoms. The lowest BCUT2D eigenvalue weighted by molar-refractivity contribution is 0.406. The predicted molar refractivity (Wildman–Crippen MR) is 55.8 cm³/mol. The average Bonchev–Trinajstić information content (AvgIpc) is 2.31. The van der Waals surface area contributed by atoms with E-state index in [4.69, 9.17) is 0 Å². The molecule has 0 atom stereocenters. The van der Waals surface area contributed by atoms with Gasteiger partial charge in [0.15, 0.2) is 0 Å². The van der Waals surface area contributed by atoms with Gasteiger partial charge in [-0.1, -0.05) is 34.6 Å². The molecule has 0 saturated heterocycles. The molecule has 0 amide bonds. The molecule has 1 aromatic heterocycles. The van der Waals surface area contributed by atoms with Gasteiger partial charge in [0, 0.05) is 5.69 Å². The topological polar surface area (TPSA) is 28.7 Å². The van der Waals surface area contributed by atoms with Crippen molar-refractivity contribution in [1.29, 1.82) is 0 Å². The molecular weight excluding hydrogens is 160 g/mol. The lowest BCUT2D eigenvalue weighted by atomic mass is 9.90. The van der Waals surface area contributed by atoms with Crippen LogP contribution in [0.4, 0.5) is 0 Å². The summed E-state index contributed by atoms with van der Waals surface area (Å²) >= 11 is 0. The van der Waals surface area contributed by atoms with Crippen molar-refractivity contribution in [1.82, 2.24) is 10.2 Å². The Hall–Kier alpha value is -0.790. The molecule has 0 aliphatic rings. The van der Waals surface area contributed by atoms with Crippen LogP contribution in [0.1, 0.15) is 51.9 Å². The highest BCUT2D eigenvalue weighted by atomic mass is 15.1. The van der Waals surface area contributed by atoms with Crippen molar-refractivity contribution in [3.05, 3.63) is 17.5 Å². The van der Waals surface area contributed by atoms with E-state index < -0.39 is 0 Å². The molecule has 0 saturated carbocycles. The lowest BCUT2D eigenvalue weighted by Gasteiger charge is -2.15. The SMILES string of the molecule is CC(C)c1cc(CC(C)(C)C)[nH]n1. The van der Waals surface area contributed by atoms with Crippen molar-refractivity contribution < 1.29 is 0 Å². The second-order valence-electron chi connectivity index (χ2n) is 5.21. The second kappa shape index (κ2) is 3.52. The van der Waals surface area contributed by atoms with E-state index in [2.05, 4.69) is 50.9 Å². The molecule has 1 rings (SSSR count). The maximum atomic E-state index is 4.27.